The van der Waals surface area contributed by atoms with Gasteiger partial charge in [0.05, 0.1) is 16.6 Å². The minimum Gasteiger partial charge on any atom is -0.375 e. The van der Waals surface area contributed by atoms with Gasteiger partial charge in [0, 0.05) is 24.4 Å². The normalized spacial score (nSPS) is 10.7. The molecule has 0 aliphatic rings. The van der Waals surface area contributed by atoms with Gasteiger partial charge in [0.1, 0.15) is 5.69 Å². The molecule has 0 saturated carbocycles. The number of nitro groups is 1. The third-order valence-corrected chi connectivity index (χ3v) is 3.32. The molecule has 3 aromatic rings. The summed E-state index contributed by atoms with van der Waals surface area (Å²) >= 11 is 0. The molecule has 3 rings (SSSR count). The Bertz CT molecular complexity index is 810. The van der Waals surface area contributed by atoms with Crippen LogP contribution in [0, 0.1) is 17.0 Å². The van der Waals surface area contributed by atoms with Crippen molar-refractivity contribution in [1.82, 2.24) is 9.61 Å². The maximum Gasteiger partial charge on any atom is 0.292 e. The minimum atomic E-state index is -0.377. The number of fused-ring (bicyclic) bond motifs is 1. The summed E-state index contributed by atoms with van der Waals surface area (Å²) in [6.07, 6.45) is 3.64. The van der Waals surface area contributed by atoms with Crippen LogP contribution in [0.4, 0.5) is 11.4 Å². The Hall–Kier alpha value is -2.89. The molecule has 6 nitrogen and oxygen atoms in total. The van der Waals surface area contributed by atoms with Gasteiger partial charge in [-0.05, 0) is 30.7 Å². The summed E-state index contributed by atoms with van der Waals surface area (Å²) in [6, 6.07) is 10.9. The fraction of sp³-hybridized carbons (Fsp3) is 0.133. The summed E-state index contributed by atoms with van der Waals surface area (Å²) < 4.78 is 1.78. The zero-order valence-corrected chi connectivity index (χ0v) is 11.5. The van der Waals surface area contributed by atoms with Gasteiger partial charge < -0.3 is 5.32 Å². The summed E-state index contributed by atoms with van der Waals surface area (Å²) in [5, 5.41) is 18.4. The zero-order chi connectivity index (χ0) is 14.8. The van der Waals surface area contributed by atoms with Crippen molar-refractivity contribution in [1.29, 1.82) is 0 Å². The first-order valence-corrected chi connectivity index (χ1v) is 6.55. The van der Waals surface area contributed by atoms with Crippen molar-refractivity contribution in [2.24, 2.45) is 0 Å². The molecule has 106 valence electrons. The molecule has 0 radical (unpaired) electrons. The van der Waals surface area contributed by atoms with Gasteiger partial charge in [-0.2, -0.15) is 5.10 Å². The lowest BCUT2D eigenvalue weighted by Crippen LogP contribution is -2.02. The number of benzene rings is 1. The van der Waals surface area contributed by atoms with Crippen LogP contribution in [0.3, 0.4) is 0 Å². The lowest BCUT2D eigenvalue weighted by atomic mass is 10.2. The van der Waals surface area contributed by atoms with Crippen molar-refractivity contribution in [3.05, 3.63) is 70.0 Å². The Morgan fingerprint density at radius 2 is 2.19 bits per heavy atom. The summed E-state index contributed by atoms with van der Waals surface area (Å²) in [6.45, 7) is 2.39. The van der Waals surface area contributed by atoms with E-state index >= 15 is 0 Å². The highest BCUT2D eigenvalue weighted by atomic mass is 16.6. The number of hydrogen-bond donors (Lipinski definition) is 1. The lowest BCUT2D eigenvalue weighted by molar-refractivity contribution is -0.384. The fourth-order valence-corrected chi connectivity index (χ4v) is 2.26. The minimum absolute atomic E-state index is 0.0806. The molecule has 21 heavy (non-hydrogen) atoms. The van der Waals surface area contributed by atoms with E-state index in [9.17, 15) is 10.1 Å². The van der Waals surface area contributed by atoms with Gasteiger partial charge in [0.2, 0.25) is 0 Å². The molecule has 0 fully saturated rings. The Labute approximate surface area is 121 Å². The van der Waals surface area contributed by atoms with Gasteiger partial charge in [-0.15, -0.1) is 0 Å². The molecule has 0 atom stereocenters. The van der Waals surface area contributed by atoms with Crippen molar-refractivity contribution in [3.63, 3.8) is 0 Å². The van der Waals surface area contributed by atoms with Crippen molar-refractivity contribution in [2.75, 3.05) is 5.32 Å². The van der Waals surface area contributed by atoms with Crippen molar-refractivity contribution in [3.8, 4) is 0 Å². The maximum atomic E-state index is 11.1. The van der Waals surface area contributed by atoms with Crippen LogP contribution in [0.1, 0.15) is 11.1 Å². The molecule has 6 heteroatoms. The number of aryl methyl sites for hydroxylation is 1. The molecule has 0 amide bonds. The predicted molar refractivity (Wildman–Crippen MR) is 80.4 cm³/mol. The van der Waals surface area contributed by atoms with E-state index in [4.69, 9.17) is 0 Å². The van der Waals surface area contributed by atoms with Gasteiger partial charge in [0.15, 0.2) is 0 Å². The monoisotopic (exact) mass is 282 g/mol. The van der Waals surface area contributed by atoms with E-state index in [2.05, 4.69) is 10.4 Å². The number of rotatable bonds is 4. The SMILES string of the molecule is Cc1ccc([N+](=O)[O-])c(NCc2cnn3ccccc23)c1. The van der Waals surface area contributed by atoms with Crippen LogP contribution in [-0.4, -0.2) is 14.5 Å². The summed E-state index contributed by atoms with van der Waals surface area (Å²) in [7, 11) is 0. The van der Waals surface area contributed by atoms with E-state index in [-0.39, 0.29) is 10.6 Å². The third kappa shape index (κ3) is 2.55. The fourth-order valence-electron chi connectivity index (χ4n) is 2.26. The molecule has 0 saturated heterocycles. The quantitative estimate of drug-likeness (QED) is 0.589. The molecule has 1 N–H and O–H groups in total. The van der Waals surface area contributed by atoms with Crippen molar-refractivity contribution < 1.29 is 4.92 Å². The van der Waals surface area contributed by atoms with Gasteiger partial charge in [-0.3, -0.25) is 10.1 Å². The second-order valence-electron chi connectivity index (χ2n) is 4.83. The smallest absolute Gasteiger partial charge is 0.292 e. The Morgan fingerprint density at radius 1 is 1.33 bits per heavy atom. The van der Waals surface area contributed by atoms with Crippen LogP contribution in [0.2, 0.25) is 0 Å². The highest BCUT2D eigenvalue weighted by Gasteiger charge is 2.13. The van der Waals surface area contributed by atoms with Crippen LogP contribution in [-0.2, 0) is 6.54 Å². The summed E-state index contributed by atoms with van der Waals surface area (Å²) in [4.78, 5) is 10.7. The largest absolute Gasteiger partial charge is 0.375 e. The van der Waals surface area contributed by atoms with E-state index in [0.29, 0.717) is 12.2 Å². The third-order valence-electron chi connectivity index (χ3n) is 3.32. The van der Waals surface area contributed by atoms with Gasteiger partial charge >= 0.3 is 0 Å². The molecule has 0 spiro atoms. The van der Waals surface area contributed by atoms with E-state index in [1.54, 1.807) is 22.8 Å². The van der Waals surface area contributed by atoms with Crippen LogP contribution in [0.5, 0.6) is 0 Å². The standard InChI is InChI=1S/C15H14N4O2/c1-11-5-6-15(19(20)21)13(8-11)16-9-12-10-17-18-7-3-2-4-14(12)18/h2-8,10,16H,9H2,1H3. The molecule has 0 aliphatic carbocycles. The highest BCUT2D eigenvalue weighted by Crippen LogP contribution is 2.26. The molecule has 0 aliphatic heterocycles. The molecule has 2 heterocycles. The van der Waals surface area contributed by atoms with Crippen LogP contribution >= 0.6 is 0 Å². The summed E-state index contributed by atoms with van der Waals surface area (Å²) in [5.74, 6) is 0. The first-order chi connectivity index (χ1) is 10.1. The Morgan fingerprint density at radius 3 is 3.00 bits per heavy atom. The molecular formula is C15H14N4O2. The number of nitrogens with one attached hydrogen (secondary N) is 1. The number of hydrogen-bond acceptors (Lipinski definition) is 4. The second kappa shape index (κ2) is 5.24. The Balaban J connectivity index is 1.88. The van der Waals surface area contributed by atoms with Crippen LogP contribution in [0.25, 0.3) is 5.52 Å². The predicted octanol–water partition coefficient (Wildman–Crippen LogP) is 3.16. The molecule has 0 bridgehead atoms. The second-order valence-corrected chi connectivity index (χ2v) is 4.83. The highest BCUT2D eigenvalue weighted by molar-refractivity contribution is 5.64. The average Bonchev–Trinajstić information content (AvgIpc) is 2.88. The van der Waals surface area contributed by atoms with E-state index < -0.39 is 0 Å². The molecule has 1 aromatic carbocycles. The number of aromatic nitrogens is 2. The summed E-state index contributed by atoms with van der Waals surface area (Å²) in [5.41, 5.74) is 3.56. The topological polar surface area (TPSA) is 72.5 Å². The van der Waals surface area contributed by atoms with Gasteiger partial charge in [-0.1, -0.05) is 12.1 Å². The molecular weight excluding hydrogens is 268 g/mol. The number of nitro benzene ring substituents is 1. The van der Waals surface area contributed by atoms with Crippen LogP contribution in [0.15, 0.2) is 48.8 Å². The maximum absolute atomic E-state index is 11.1. The average molecular weight is 282 g/mol. The first kappa shape index (κ1) is 13.1. The van der Waals surface area contributed by atoms with Crippen LogP contribution < -0.4 is 5.32 Å². The van der Waals surface area contributed by atoms with Gasteiger partial charge in [0.25, 0.3) is 5.69 Å². The number of pyridine rings is 1. The molecule has 2 aromatic heterocycles. The molecule has 0 unspecified atom stereocenters. The van der Waals surface area contributed by atoms with E-state index in [1.807, 2.05) is 31.3 Å². The number of nitrogens with zero attached hydrogens (tertiary/aromatic N) is 3. The Kier molecular flexibility index (Phi) is 3.27. The van der Waals surface area contributed by atoms with E-state index in [0.717, 1.165) is 16.6 Å². The van der Waals surface area contributed by atoms with E-state index in [1.165, 1.54) is 6.07 Å². The first-order valence-electron chi connectivity index (χ1n) is 6.55. The van der Waals surface area contributed by atoms with Gasteiger partial charge in [-0.25, -0.2) is 4.52 Å². The van der Waals surface area contributed by atoms with Crippen molar-refractivity contribution >= 4 is 16.9 Å². The lowest BCUT2D eigenvalue weighted by Gasteiger charge is -2.07. The number of anilines is 1. The van der Waals surface area contributed by atoms with Crippen molar-refractivity contribution in [2.45, 2.75) is 13.5 Å². The zero-order valence-electron chi connectivity index (χ0n) is 11.5.